The van der Waals surface area contributed by atoms with Crippen molar-refractivity contribution in [3.8, 4) is 29.0 Å². The third kappa shape index (κ3) is 4.93. The number of hydrogen-bond donors (Lipinski definition) is 0. The highest BCUT2D eigenvalue weighted by molar-refractivity contribution is 6.11. The fourth-order valence-corrected chi connectivity index (χ4v) is 9.75. The van der Waals surface area contributed by atoms with Crippen molar-refractivity contribution in [2.45, 2.75) is 38.0 Å². The molecule has 12 rings (SSSR count). The summed E-state index contributed by atoms with van der Waals surface area (Å²) in [6, 6.07) is 58.7. The second-order valence-corrected chi connectivity index (χ2v) is 15.5. The lowest BCUT2D eigenvalue weighted by atomic mass is 9.84. The van der Waals surface area contributed by atoms with E-state index < -0.39 is 0 Å². The van der Waals surface area contributed by atoms with Crippen LogP contribution in [0.5, 0.6) is 0 Å². The van der Waals surface area contributed by atoms with Crippen molar-refractivity contribution >= 4 is 65.4 Å². The van der Waals surface area contributed by atoms with E-state index >= 15 is 0 Å². The Morgan fingerprint density at radius 3 is 1.32 bits per heavy atom. The third-order valence-electron chi connectivity index (χ3n) is 12.3. The molecule has 0 spiro atoms. The maximum absolute atomic E-state index is 5.44. The number of fused-ring (bicyclic) bond motifs is 9. The first kappa shape index (κ1) is 32.2. The van der Waals surface area contributed by atoms with Gasteiger partial charge in [0.05, 0.1) is 38.8 Å². The number of nitrogens with zero attached hydrogens (tertiary/aromatic N) is 6. The van der Waals surface area contributed by atoms with Crippen molar-refractivity contribution in [2.24, 2.45) is 0 Å². The van der Waals surface area contributed by atoms with Crippen molar-refractivity contribution in [2.75, 3.05) is 0 Å². The van der Waals surface area contributed by atoms with Crippen molar-refractivity contribution in [1.29, 1.82) is 0 Å². The lowest BCUT2D eigenvalue weighted by Crippen LogP contribution is -2.11. The second kappa shape index (κ2) is 12.8. The molecule has 6 heteroatoms. The molecule has 0 unspecified atom stereocenters. The molecule has 0 radical (unpaired) electrons. The smallest absolute Gasteiger partial charge is 0.240 e. The Bertz CT molecular complexity index is 3120. The molecule has 0 N–H and O–H groups in total. The summed E-state index contributed by atoms with van der Waals surface area (Å²) >= 11 is 0. The van der Waals surface area contributed by atoms with Crippen LogP contribution in [0.1, 0.15) is 43.6 Å². The Labute approximate surface area is 329 Å². The number of aromatic nitrogens is 6. The van der Waals surface area contributed by atoms with Gasteiger partial charge in [-0.05, 0) is 78.9 Å². The highest BCUT2D eigenvalue weighted by atomic mass is 15.3. The summed E-state index contributed by atoms with van der Waals surface area (Å²) in [4.78, 5) is 16.3. The molecule has 11 aromatic rings. The van der Waals surface area contributed by atoms with Crippen LogP contribution in [0, 0.1) is 0 Å². The van der Waals surface area contributed by atoms with E-state index in [4.69, 9.17) is 15.0 Å². The number of benzene rings is 7. The normalized spacial score (nSPS) is 13.9. The second-order valence-electron chi connectivity index (χ2n) is 15.5. The Balaban J connectivity index is 1.15. The topological polar surface area (TPSA) is 53.5 Å². The molecular weight excluding hydrogens is 697 g/mol. The minimum Gasteiger partial charge on any atom is -0.309 e. The molecule has 6 nitrogen and oxygen atoms in total. The van der Waals surface area contributed by atoms with Crippen LogP contribution in [-0.4, -0.2) is 28.7 Å². The van der Waals surface area contributed by atoms with Crippen molar-refractivity contribution < 1.29 is 0 Å². The van der Waals surface area contributed by atoms with E-state index in [1.807, 2.05) is 0 Å². The van der Waals surface area contributed by atoms with E-state index in [2.05, 4.69) is 177 Å². The molecule has 0 amide bonds. The molecule has 0 aliphatic heterocycles. The summed E-state index contributed by atoms with van der Waals surface area (Å²) in [6.45, 7) is 0. The van der Waals surface area contributed by atoms with Crippen LogP contribution < -0.4 is 0 Å². The zero-order valence-corrected chi connectivity index (χ0v) is 31.4. The molecule has 272 valence electrons. The summed E-state index contributed by atoms with van der Waals surface area (Å²) in [5.41, 5.74) is 9.97. The van der Waals surface area contributed by atoms with E-state index in [1.165, 1.54) is 59.5 Å². The molecule has 57 heavy (non-hydrogen) atoms. The molecular formula is C51H38N6. The van der Waals surface area contributed by atoms with Crippen molar-refractivity contribution in [3.63, 3.8) is 0 Å². The van der Waals surface area contributed by atoms with E-state index in [9.17, 15) is 0 Å². The Kier molecular flexibility index (Phi) is 7.21. The first-order chi connectivity index (χ1) is 28.3. The molecule has 1 aliphatic rings. The van der Waals surface area contributed by atoms with Gasteiger partial charge in [-0.15, -0.1) is 0 Å². The van der Waals surface area contributed by atoms with E-state index in [1.54, 1.807) is 0 Å². The van der Waals surface area contributed by atoms with E-state index in [-0.39, 0.29) is 0 Å². The quantitative estimate of drug-likeness (QED) is 0.177. The summed E-state index contributed by atoms with van der Waals surface area (Å²) in [5.74, 6) is 2.38. The van der Waals surface area contributed by atoms with Gasteiger partial charge in [-0.25, -0.2) is 0 Å². The Hall–Kier alpha value is -7.05. The fraction of sp³-hybridized carbons (Fsp3) is 0.118. The summed E-state index contributed by atoms with van der Waals surface area (Å²) in [6.07, 6.45) is 6.53. The molecule has 1 fully saturated rings. The van der Waals surface area contributed by atoms with Crippen LogP contribution in [0.3, 0.4) is 0 Å². The van der Waals surface area contributed by atoms with Crippen LogP contribution in [0.15, 0.2) is 164 Å². The van der Waals surface area contributed by atoms with Crippen LogP contribution >= 0.6 is 0 Å². The lowest BCUT2D eigenvalue weighted by Gasteiger charge is -2.22. The first-order valence-corrected chi connectivity index (χ1v) is 20.2. The minimum atomic E-state index is 0.573. The SMILES string of the molecule is c1ccc(-n2c3ccccc3c3cc(C4CCCCC4)ccc32)c(-c2nc(-n3c4ccccc4c4ccccc43)nc(-n3c4ccccc4c4ccccc43)n2)c1. The van der Waals surface area contributed by atoms with Gasteiger partial charge in [0.2, 0.25) is 11.9 Å². The monoisotopic (exact) mass is 734 g/mol. The zero-order chi connectivity index (χ0) is 37.5. The van der Waals surface area contributed by atoms with Crippen LogP contribution in [0.25, 0.3) is 94.4 Å². The molecule has 0 atom stereocenters. The van der Waals surface area contributed by atoms with E-state index in [0.29, 0.717) is 23.6 Å². The zero-order valence-electron chi connectivity index (χ0n) is 31.4. The predicted octanol–water partition coefficient (Wildman–Crippen LogP) is 12.9. The van der Waals surface area contributed by atoms with Gasteiger partial charge < -0.3 is 4.57 Å². The average molecular weight is 735 g/mol. The molecule has 1 saturated carbocycles. The molecule has 7 aromatic carbocycles. The standard InChI is InChI=1S/C51H38N6/c1-2-16-33(17-3-1)34-30-31-48-41(32-34)39-22-8-10-24-42(39)55(48)47-29-15-9-23-40(47)49-52-50(56-43-25-11-4-18-35(43)36-19-5-12-26-44(36)56)54-51(53-49)57-45-27-13-6-20-37(45)38-21-7-14-28-46(38)57/h4-15,18-33H,1-3,16-17H2. The first-order valence-electron chi connectivity index (χ1n) is 20.2. The maximum Gasteiger partial charge on any atom is 0.240 e. The fourth-order valence-electron chi connectivity index (χ4n) is 9.75. The lowest BCUT2D eigenvalue weighted by molar-refractivity contribution is 0.444. The summed E-state index contributed by atoms with van der Waals surface area (Å²) < 4.78 is 6.81. The summed E-state index contributed by atoms with van der Waals surface area (Å²) in [5, 5.41) is 7.18. The van der Waals surface area contributed by atoms with Crippen LogP contribution in [0.4, 0.5) is 0 Å². The average Bonchev–Trinajstić information content (AvgIpc) is 3.92. The van der Waals surface area contributed by atoms with Gasteiger partial charge >= 0.3 is 0 Å². The van der Waals surface area contributed by atoms with E-state index in [0.717, 1.165) is 54.9 Å². The van der Waals surface area contributed by atoms with Gasteiger partial charge in [-0.1, -0.05) is 128 Å². The highest BCUT2D eigenvalue weighted by Gasteiger charge is 2.24. The predicted molar refractivity (Wildman–Crippen MR) is 234 cm³/mol. The third-order valence-corrected chi connectivity index (χ3v) is 12.3. The number of hydrogen-bond acceptors (Lipinski definition) is 3. The largest absolute Gasteiger partial charge is 0.309 e. The Morgan fingerprint density at radius 1 is 0.368 bits per heavy atom. The number of rotatable bonds is 5. The summed E-state index contributed by atoms with van der Waals surface area (Å²) in [7, 11) is 0. The van der Waals surface area contributed by atoms with Gasteiger partial charge in [-0.2, -0.15) is 15.0 Å². The molecule has 0 bridgehead atoms. The van der Waals surface area contributed by atoms with Crippen molar-refractivity contribution in [3.05, 3.63) is 169 Å². The molecule has 1 aliphatic carbocycles. The Morgan fingerprint density at radius 2 is 0.789 bits per heavy atom. The van der Waals surface area contributed by atoms with Gasteiger partial charge in [0.25, 0.3) is 0 Å². The van der Waals surface area contributed by atoms with Gasteiger partial charge in [0, 0.05) is 37.9 Å². The highest BCUT2D eigenvalue weighted by Crippen LogP contribution is 2.40. The van der Waals surface area contributed by atoms with Crippen molar-refractivity contribution in [1.82, 2.24) is 28.7 Å². The number of para-hydroxylation sites is 6. The van der Waals surface area contributed by atoms with Crippen LogP contribution in [-0.2, 0) is 0 Å². The molecule has 4 heterocycles. The molecule has 0 saturated heterocycles. The molecule has 4 aromatic heterocycles. The minimum absolute atomic E-state index is 0.573. The van der Waals surface area contributed by atoms with Gasteiger partial charge in [0.15, 0.2) is 5.82 Å². The maximum atomic E-state index is 5.44. The van der Waals surface area contributed by atoms with Gasteiger partial charge in [0.1, 0.15) is 0 Å². The van der Waals surface area contributed by atoms with Gasteiger partial charge in [-0.3, -0.25) is 9.13 Å². The van der Waals surface area contributed by atoms with Crippen LogP contribution in [0.2, 0.25) is 0 Å².